The van der Waals surface area contributed by atoms with Gasteiger partial charge in [-0.25, -0.2) is 13.8 Å². The van der Waals surface area contributed by atoms with Crippen LogP contribution in [0.2, 0.25) is 5.02 Å². The summed E-state index contributed by atoms with van der Waals surface area (Å²) in [5.74, 6) is 0.638. The summed E-state index contributed by atoms with van der Waals surface area (Å²) in [5, 5.41) is 4.46. The number of nitrogens with one attached hydrogen (secondary N) is 1. The van der Waals surface area contributed by atoms with E-state index in [-0.39, 0.29) is 6.54 Å². The van der Waals surface area contributed by atoms with Gasteiger partial charge in [0.1, 0.15) is 6.61 Å². The summed E-state index contributed by atoms with van der Waals surface area (Å²) in [6.45, 7) is 4.03. The van der Waals surface area contributed by atoms with Crippen LogP contribution in [0.15, 0.2) is 84.5 Å². The Balaban J connectivity index is 1.69. The van der Waals surface area contributed by atoms with E-state index in [1.807, 2.05) is 0 Å². The number of hydrogen-bond donors (Lipinski definition) is 1. The van der Waals surface area contributed by atoms with Gasteiger partial charge in [0, 0.05) is 10.6 Å². The van der Waals surface area contributed by atoms with Crippen LogP contribution in [-0.2, 0) is 16.6 Å². The van der Waals surface area contributed by atoms with Crippen LogP contribution in [0.3, 0.4) is 0 Å². The van der Waals surface area contributed by atoms with Crippen molar-refractivity contribution >= 4 is 39.4 Å². The first-order valence-corrected chi connectivity index (χ1v) is 13.0. The van der Waals surface area contributed by atoms with Gasteiger partial charge in [0.15, 0.2) is 11.5 Å². The lowest BCUT2D eigenvalue weighted by Gasteiger charge is -2.23. The molecule has 8 nitrogen and oxygen atoms in total. The van der Waals surface area contributed by atoms with Crippen LogP contribution in [0.4, 0.5) is 5.69 Å². The molecule has 1 N–H and O–H groups in total. The van der Waals surface area contributed by atoms with Gasteiger partial charge in [-0.2, -0.15) is 5.10 Å². The normalized spacial score (nSPS) is 11.2. The van der Waals surface area contributed by atoms with Gasteiger partial charge in [-0.15, -0.1) is 0 Å². The van der Waals surface area contributed by atoms with Gasteiger partial charge in [0.2, 0.25) is 10.0 Å². The largest absolute Gasteiger partial charge is 0.493 e. The zero-order valence-electron chi connectivity index (χ0n) is 19.8. The molecule has 36 heavy (non-hydrogen) atoms. The van der Waals surface area contributed by atoms with Crippen molar-refractivity contribution < 1.29 is 22.7 Å². The van der Waals surface area contributed by atoms with E-state index in [1.54, 1.807) is 60.7 Å². The molecule has 3 aromatic carbocycles. The average Bonchev–Trinajstić information content (AvgIpc) is 2.86. The number of anilines is 1. The maximum absolute atomic E-state index is 12.5. The zero-order chi connectivity index (χ0) is 26.1. The summed E-state index contributed by atoms with van der Waals surface area (Å²) in [5.41, 5.74) is 4.53. The maximum atomic E-state index is 12.5. The molecule has 0 heterocycles. The Morgan fingerprint density at radius 1 is 1.11 bits per heavy atom. The van der Waals surface area contributed by atoms with E-state index in [1.165, 1.54) is 29.8 Å². The van der Waals surface area contributed by atoms with E-state index in [2.05, 4.69) is 17.1 Å². The lowest BCUT2D eigenvalue weighted by molar-refractivity contribution is 0.0955. The molecular weight excluding hydrogens is 502 g/mol. The smallest absolute Gasteiger partial charge is 0.271 e. The SMILES string of the molecule is C=CCOc1ccc(/C=N\NC(=O)c2ccc(N(Cc3ccccc3Cl)S(C)(=O)=O)cc2)cc1OC. The Labute approximate surface area is 215 Å². The fraction of sp³-hybridized carbons (Fsp3) is 0.154. The number of carbonyl (C=O) groups is 1. The number of amides is 1. The highest BCUT2D eigenvalue weighted by atomic mass is 35.5. The van der Waals surface area contributed by atoms with Gasteiger partial charge in [-0.3, -0.25) is 9.10 Å². The second-order valence-electron chi connectivity index (χ2n) is 7.62. The van der Waals surface area contributed by atoms with Crippen molar-refractivity contribution in [3.63, 3.8) is 0 Å². The highest BCUT2D eigenvalue weighted by Gasteiger charge is 2.19. The van der Waals surface area contributed by atoms with Crippen molar-refractivity contribution in [2.45, 2.75) is 6.54 Å². The standard InChI is InChI=1S/C26H26ClN3O5S/c1-4-15-35-24-14-9-19(16-25(24)34-2)17-28-29-26(31)20-10-12-22(13-11-20)30(36(3,32)33)18-21-7-5-6-8-23(21)27/h4-14,16-17H,1,15,18H2,2-3H3,(H,29,31)/b28-17-. The quantitative estimate of drug-likeness (QED) is 0.222. The number of ether oxygens (including phenoxy) is 2. The minimum absolute atomic E-state index is 0.0647. The van der Waals surface area contributed by atoms with Crippen LogP contribution in [0, 0.1) is 0 Å². The van der Waals surface area contributed by atoms with Crippen LogP contribution in [0.5, 0.6) is 11.5 Å². The molecule has 0 saturated carbocycles. The highest BCUT2D eigenvalue weighted by Crippen LogP contribution is 2.28. The monoisotopic (exact) mass is 527 g/mol. The first-order chi connectivity index (χ1) is 17.2. The number of rotatable bonds is 11. The third kappa shape index (κ3) is 7.10. The number of hydrazone groups is 1. The number of carbonyl (C=O) groups excluding carboxylic acids is 1. The molecule has 3 aromatic rings. The molecule has 0 fully saturated rings. The fourth-order valence-electron chi connectivity index (χ4n) is 3.22. The summed E-state index contributed by atoms with van der Waals surface area (Å²) in [6.07, 6.45) is 4.22. The van der Waals surface area contributed by atoms with Crippen molar-refractivity contribution in [1.82, 2.24) is 5.43 Å². The lowest BCUT2D eigenvalue weighted by Crippen LogP contribution is -2.29. The number of benzene rings is 3. The van der Waals surface area contributed by atoms with Gasteiger partial charge in [0.05, 0.1) is 31.8 Å². The first kappa shape index (κ1) is 26.8. The molecule has 188 valence electrons. The van der Waals surface area contributed by atoms with Crippen LogP contribution in [0.25, 0.3) is 0 Å². The molecule has 0 aliphatic heterocycles. The second-order valence-corrected chi connectivity index (χ2v) is 9.93. The Kier molecular flexibility index (Phi) is 9.10. The predicted molar refractivity (Wildman–Crippen MR) is 143 cm³/mol. The molecule has 0 aromatic heterocycles. The van der Waals surface area contributed by atoms with Gasteiger partial charge in [-0.1, -0.05) is 42.5 Å². The number of methoxy groups -OCH3 is 1. The molecule has 0 radical (unpaired) electrons. The lowest BCUT2D eigenvalue weighted by atomic mass is 10.2. The molecule has 0 unspecified atom stereocenters. The third-order valence-electron chi connectivity index (χ3n) is 5.01. The first-order valence-electron chi connectivity index (χ1n) is 10.8. The van der Waals surface area contributed by atoms with Gasteiger partial charge >= 0.3 is 0 Å². The van der Waals surface area contributed by atoms with E-state index in [9.17, 15) is 13.2 Å². The van der Waals surface area contributed by atoms with Crippen LogP contribution < -0.4 is 19.2 Å². The summed E-state index contributed by atoms with van der Waals surface area (Å²) in [7, 11) is -2.07. The van der Waals surface area contributed by atoms with Crippen molar-refractivity contribution in [2.24, 2.45) is 5.10 Å². The summed E-state index contributed by atoms with van der Waals surface area (Å²) in [6, 6.07) is 18.4. The molecule has 3 rings (SSSR count). The molecule has 0 atom stereocenters. The van der Waals surface area contributed by atoms with Crippen molar-refractivity contribution in [1.29, 1.82) is 0 Å². The van der Waals surface area contributed by atoms with Gasteiger partial charge in [0.25, 0.3) is 5.91 Å². The average molecular weight is 528 g/mol. The van der Waals surface area contributed by atoms with E-state index in [0.717, 1.165) is 6.26 Å². The van der Waals surface area contributed by atoms with Gasteiger partial charge in [-0.05, 0) is 59.7 Å². The maximum Gasteiger partial charge on any atom is 0.271 e. The molecule has 0 aliphatic rings. The van der Waals surface area contributed by atoms with Gasteiger partial charge < -0.3 is 9.47 Å². The minimum Gasteiger partial charge on any atom is -0.493 e. The number of sulfonamides is 1. The fourth-order valence-corrected chi connectivity index (χ4v) is 4.30. The molecule has 0 saturated heterocycles. The van der Waals surface area contributed by atoms with E-state index in [0.29, 0.717) is 45.5 Å². The Hall–Kier alpha value is -3.82. The van der Waals surface area contributed by atoms with Crippen molar-refractivity contribution in [3.8, 4) is 11.5 Å². The van der Waals surface area contributed by atoms with E-state index >= 15 is 0 Å². The number of halogens is 1. The van der Waals surface area contributed by atoms with Crippen LogP contribution in [0.1, 0.15) is 21.5 Å². The Morgan fingerprint density at radius 2 is 1.83 bits per heavy atom. The summed E-state index contributed by atoms with van der Waals surface area (Å²) in [4.78, 5) is 12.5. The summed E-state index contributed by atoms with van der Waals surface area (Å²) >= 11 is 6.21. The molecule has 0 aliphatic carbocycles. The molecule has 10 heteroatoms. The topological polar surface area (TPSA) is 97.3 Å². The van der Waals surface area contributed by atoms with Crippen LogP contribution in [-0.4, -0.2) is 40.5 Å². The molecule has 1 amide bonds. The predicted octanol–water partition coefficient (Wildman–Crippen LogP) is 4.64. The third-order valence-corrected chi connectivity index (χ3v) is 6.52. The molecule has 0 spiro atoms. The highest BCUT2D eigenvalue weighted by molar-refractivity contribution is 7.92. The molecular formula is C26H26ClN3O5S. The minimum atomic E-state index is -3.60. The Bertz CT molecular complexity index is 1360. The van der Waals surface area contributed by atoms with E-state index < -0.39 is 15.9 Å². The number of hydrogen-bond acceptors (Lipinski definition) is 6. The van der Waals surface area contributed by atoms with Crippen molar-refractivity contribution in [2.75, 3.05) is 24.3 Å². The number of nitrogens with zero attached hydrogens (tertiary/aromatic N) is 2. The van der Waals surface area contributed by atoms with Crippen molar-refractivity contribution in [3.05, 3.63) is 101 Å². The second kappa shape index (κ2) is 12.2. The zero-order valence-corrected chi connectivity index (χ0v) is 21.4. The van der Waals surface area contributed by atoms with E-state index in [4.69, 9.17) is 21.1 Å². The molecule has 0 bridgehead atoms. The van der Waals surface area contributed by atoms with Crippen LogP contribution >= 0.6 is 11.6 Å². The summed E-state index contributed by atoms with van der Waals surface area (Å²) < 4.78 is 36.9. The Morgan fingerprint density at radius 3 is 2.47 bits per heavy atom.